The van der Waals surface area contributed by atoms with Crippen LogP contribution in [0.5, 0.6) is 0 Å². The molecule has 1 unspecified atom stereocenters. The van der Waals surface area contributed by atoms with Gasteiger partial charge in [-0.1, -0.05) is 38.3 Å². The van der Waals surface area contributed by atoms with Crippen LogP contribution in [0.2, 0.25) is 0 Å². The van der Waals surface area contributed by atoms with E-state index in [4.69, 9.17) is 4.79 Å². The summed E-state index contributed by atoms with van der Waals surface area (Å²) >= 11 is 0. The smallest absolute Gasteiger partial charge is 0.185 e. The predicted octanol–water partition coefficient (Wildman–Crippen LogP) is 5.57. The second-order valence-electron chi connectivity index (χ2n) is 6.25. The van der Waals surface area contributed by atoms with E-state index < -0.39 is 26.7 Å². The van der Waals surface area contributed by atoms with Crippen LogP contribution in [-0.2, 0) is 14.6 Å². The first kappa shape index (κ1) is 23.0. The van der Waals surface area contributed by atoms with Crippen molar-refractivity contribution < 1.29 is 22.0 Å². The molecule has 0 aromatic heterocycles. The summed E-state index contributed by atoms with van der Waals surface area (Å²) in [7, 11) is -3.80. The minimum atomic E-state index is -3.80. The molecule has 0 aliphatic rings. The van der Waals surface area contributed by atoms with Gasteiger partial charge < -0.3 is 4.79 Å². The lowest BCUT2D eigenvalue weighted by molar-refractivity contribution is -0.106. The molecule has 0 aliphatic heterocycles. The minimum Gasteiger partial charge on any atom is -0.304 e. The van der Waals surface area contributed by atoms with Gasteiger partial charge in [0.1, 0.15) is 17.9 Å². The zero-order valence-corrected chi connectivity index (χ0v) is 16.7. The summed E-state index contributed by atoms with van der Waals surface area (Å²) in [6.07, 6.45) is 3.42. The molecule has 2 aromatic rings. The number of benzene rings is 2. The van der Waals surface area contributed by atoms with E-state index in [9.17, 15) is 17.2 Å². The SMILES string of the molecule is CC=O.CCCCCC(c1cc(F)ccc1F)S(=O)(=O)c1cccc(C)c1. The summed E-state index contributed by atoms with van der Waals surface area (Å²) in [6.45, 7) is 5.25. The molecule has 0 N–H and O–H groups in total. The molecular weight excluding hydrogens is 370 g/mol. The molecule has 2 aromatic carbocycles. The van der Waals surface area contributed by atoms with Gasteiger partial charge in [-0.05, 0) is 56.2 Å². The van der Waals surface area contributed by atoms with Crippen molar-refractivity contribution >= 4 is 16.1 Å². The quantitative estimate of drug-likeness (QED) is 0.454. The standard InChI is InChI=1S/C19H22F2O2S.C2H4O/c1-3-4-5-9-19(17-13-15(20)10-11-18(17)21)24(22,23)16-8-6-7-14(2)12-16;1-2-3/h6-8,10-13,19H,3-5,9H2,1-2H3;2H,1H3. The fourth-order valence-electron chi connectivity index (χ4n) is 2.78. The van der Waals surface area contributed by atoms with E-state index in [1.165, 1.54) is 13.0 Å². The number of hydrogen-bond acceptors (Lipinski definition) is 3. The Kier molecular flexibility index (Phi) is 9.29. The van der Waals surface area contributed by atoms with Crippen molar-refractivity contribution in [2.45, 2.75) is 56.6 Å². The summed E-state index contributed by atoms with van der Waals surface area (Å²) < 4.78 is 53.9. The van der Waals surface area contributed by atoms with Crippen LogP contribution in [0.1, 0.15) is 55.9 Å². The topological polar surface area (TPSA) is 51.2 Å². The molecule has 1 atom stereocenters. The van der Waals surface area contributed by atoms with Crippen molar-refractivity contribution in [2.75, 3.05) is 0 Å². The normalized spacial score (nSPS) is 12.0. The minimum absolute atomic E-state index is 0.0902. The number of carbonyl (C=O) groups is 1. The van der Waals surface area contributed by atoms with Gasteiger partial charge in [0.15, 0.2) is 9.84 Å². The number of rotatable bonds is 7. The van der Waals surface area contributed by atoms with Crippen LogP contribution in [0.4, 0.5) is 8.78 Å². The summed E-state index contributed by atoms with van der Waals surface area (Å²) in [6, 6.07) is 9.52. The highest BCUT2D eigenvalue weighted by atomic mass is 32.2. The number of unbranched alkanes of at least 4 members (excludes halogenated alkanes) is 2. The molecule has 0 saturated carbocycles. The van der Waals surface area contributed by atoms with Crippen molar-refractivity contribution in [2.24, 2.45) is 0 Å². The summed E-state index contributed by atoms with van der Waals surface area (Å²) in [5.74, 6) is -1.32. The summed E-state index contributed by atoms with van der Waals surface area (Å²) in [5.41, 5.74) is 0.718. The number of aldehydes is 1. The highest BCUT2D eigenvalue weighted by Crippen LogP contribution is 2.35. The molecule has 0 fully saturated rings. The Morgan fingerprint density at radius 3 is 2.33 bits per heavy atom. The number of halogens is 2. The predicted molar refractivity (Wildman–Crippen MR) is 103 cm³/mol. The van der Waals surface area contributed by atoms with E-state index in [0.29, 0.717) is 6.42 Å². The average Bonchev–Trinajstić information content (AvgIpc) is 2.62. The lowest BCUT2D eigenvalue weighted by Crippen LogP contribution is -2.16. The zero-order valence-electron chi connectivity index (χ0n) is 15.9. The van der Waals surface area contributed by atoms with Gasteiger partial charge in [-0.25, -0.2) is 17.2 Å². The van der Waals surface area contributed by atoms with E-state index in [1.807, 2.05) is 6.92 Å². The molecule has 148 valence electrons. The van der Waals surface area contributed by atoms with Crippen LogP contribution in [0.15, 0.2) is 47.4 Å². The number of aryl methyl sites for hydroxylation is 1. The highest BCUT2D eigenvalue weighted by molar-refractivity contribution is 7.91. The van der Waals surface area contributed by atoms with Gasteiger partial charge in [-0.2, -0.15) is 0 Å². The largest absolute Gasteiger partial charge is 0.304 e. The molecule has 2 rings (SSSR count). The first-order valence-corrected chi connectivity index (χ1v) is 10.5. The fourth-order valence-corrected chi connectivity index (χ4v) is 4.71. The Bertz CT molecular complexity index is 848. The molecule has 27 heavy (non-hydrogen) atoms. The molecule has 0 radical (unpaired) electrons. The Hall–Kier alpha value is -2.08. The second-order valence-corrected chi connectivity index (χ2v) is 8.38. The van der Waals surface area contributed by atoms with Crippen molar-refractivity contribution in [3.8, 4) is 0 Å². The van der Waals surface area contributed by atoms with Gasteiger partial charge in [0, 0.05) is 5.56 Å². The van der Waals surface area contributed by atoms with Crippen molar-refractivity contribution in [1.29, 1.82) is 0 Å². The molecule has 0 saturated heterocycles. The van der Waals surface area contributed by atoms with E-state index in [-0.39, 0.29) is 16.9 Å². The molecule has 0 aliphatic carbocycles. The van der Waals surface area contributed by atoms with E-state index in [1.54, 1.807) is 25.1 Å². The third-order valence-corrected chi connectivity index (χ3v) is 6.22. The first-order chi connectivity index (χ1) is 12.8. The van der Waals surface area contributed by atoms with Gasteiger partial charge in [-0.3, -0.25) is 0 Å². The Morgan fingerprint density at radius 2 is 1.74 bits per heavy atom. The average molecular weight is 396 g/mol. The fraction of sp³-hybridized carbons (Fsp3) is 0.381. The molecule has 0 amide bonds. The van der Waals surface area contributed by atoms with Crippen LogP contribution >= 0.6 is 0 Å². The number of carbonyl (C=O) groups excluding carboxylic acids is 1. The third kappa shape index (κ3) is 6.54. The monoisotopic (exact) mass is 396 g/mol. The van der Waals surface area contributed by atoms with Crippen LogP contribution in [0.3, 0.4) is 0 Å². The van der Waals surface area contributed by atoms with Gasteiger partial charge >= 0.3 is 0 Å². The maximum atomic E-state index is 14.2. The Morgan fingerprint density at radius 1 is 1.07 bits per heavy atom. The molecule has 6 heteroatoms. The van der Waals surface area contributed by atoms with Crippen molar-refractivity contribution in [3.05, 3.63) is 65.2 Å². The van der Waals surface area contributed by atoms with Gasteiger partial charge in [-0.15, -0.1) is 0 Å². The van der Waals surface area contributed by atoms with Crippen molar-refractivity contribution in [1.82, 2.24) is 0 Å². The van der Waals surface area contributed by atoms with Crippen LogP contribution in [-0.4, -0.2) is 14.7 Å². The van der Waals surface area contributed by atoms with Crippen molar-refractivity contribution in [3.63, 3.8) is 0 Å². The lowest BCUT2D eigenvalue weighted by Gasteiger charge is -2.19. The maximum Gasteiger partial charge on any atom is 0.185 e. The van der Waals surface area contributed by atoms with Crippen LogP contribution in [0.25, 0.3) is 0 Å². The third-order valence-electron chi connectivity index (χ3n) is 4.07. The first-order valence-electron chi connectivity index (χ1n) is 8.93. The van der Waals surface area contributed by atoms with Crippen LogP contribution < -0.4 is 0 Å². The van der Waals surface area contributed by atoms with E-state index in [2.05, 4.69) is 0 Å². The zero-order chi connectivity index (χ0) is 20.4. The van der Waals surface area contributed by atoms with Crippen LogP contribution in [0, 0.1) is 18.6 Å². The molecule has 0 bridgehead atoms. The van der Waals surface area contributed by atoms with Gasteiger partial charge in [0.25, 0.3) is 0 Å². The lowest BCUT2D eigenvalue weighted by atomic mass is 10.0. The van der Waals surface area contributed by atoms with E-state index >= 15 is 0 Å². The summed E-state index contributed by atoms with van der Waals surface area (Å²) in [4.78, 5) is 8.95. The van der Waals surface area contributed by atoms with Gasteiger partial charge in [0.05, 0.1) is 10.1 Å². The Labute approximate surface area is 160 Å². The molecule has 0 heterocycles. The molecular formula is C21H26F2O3S. The summed E-state index contributed by atoms with van der Waals surface area (Å²) in [5, 5.41) is -1.08. The highest BCUT2D eigenvalue weighted by Gasteiger charge is 2.31. The molecule has 0 spiro atoms. The number of sulfone groups is 1. The van der Waals surface area contributed by atoms with Gasteiger partial charge in [0.2, 0.25) is 0 Å². The Balaban J connectivity index is 0.00000114. The number of hydrogen-bond donors (Lipinski definition) is 0. The molecule has 3 nitrogen and oxygen atoms in total. The second kappa shape index (κ2) is 10.9. The maximum absolute atomic E-state index is 14.2. The van der Waals surface area contributed by atoms with E-state index in [0.717, 1.165) is 42.9 Å².